The summed E-state index contributed by atoms with van der Waals surface area (Å²) in [6.07, 6.45) is 5.04. The van der Waals surface area contributed by atoms with Gasteiger partial charge in [0.1, 0.15) is 18.4 Å². The number of para-hydroxylation sites is 1. The van der Waals surface area contributed by atoms with E-state index in [1.54, 1.807) is 4.90 Å². The van der Waals surface area contributed by atoms with E-state index in [0.717, 1.165) is 30.6 Å². The number of likely N-dealkylation sites (tertiary alicyclic amines) is 1. The molecule has 2 aromatic carbocycles. The molecular weight excluding hydrogens is 366 g/mol. The first kappa shape index (κ1) is 19.5. The Morgan fingerprint density at radius 3 is 2.45 bits per heavy atom. The zero-order valence-corrected chi connectivity index (χ0v) is 16.8. The average molecular weight is 393 g/mol. The van der Waals surface area contributed by atoms with E-state index in [9.17, 15) is 9.59 Å². The minimum Gasteiger partial charge on any atom is -0.489 e. The van der Waals surface area contributed by atoms with Crippen LogP contribution in [0.2, 0.25) is 0 Å². The minimum atomic E-state index is -0.471. The SMILES string of the molecule is COC(=O)C1CC2CCCCC2N1C(=O)c1ccc(COc2ccccc2)cc1. The van der Waals surface area contributed by atoms with Gasteiger partial charge in [0, 0.05) is 11.6 Å². The smallest absolute Gasteiger partial charge is 0.328 e. The van der Waals surface area contributed by atoms with Crippen LogP contribution in [-0.4, -0.2) is 36.0 Å². The molecule has 5 heteroatoms. The van der Waals surface area contributed by atoms with E-state index >= 15 is 0 Å². The minimum absolute atomic E-state index is 0.0784. The van der Waals surface area contributed by atoms with E-state index in [-0.39, 0.29) is 17.9 Å². The second-order valence-electron chi connectivity index (χ2n) is 7.90. The fourth-order valence-electron chi connectivity index (χ4n) is 4.67. The number of rotatable bonds is 5. The Bertz CT molecular complexity index is 849. The summed E-state index contributed by atoms with van der Waals surface area (Å²) >= 11 is 0. The molecule has 3 atom stereocenters. The van der Waals surface area contributed by atoms with E-state index in [1.807, 2.05) is 54.6 Å². The molecule has 4 rings (SSSR count). The van der Waals surface area contributed by atoms with Gasteiger partial charge in [0.05, 0.1) is 7.11 Å². The molecule has 152 valence electrons. The number of carbonyl (C=O) groups is 2. The van der Waals surface area contributed by atoms with Crippen molar-refractivity contribution in [2.75, 3.05) is 7.11 Å². The number of ether oxygens (including phenoxy) is 2. The molecule has 1 saturated heterocycles. The highest BCUT2D eigenvalue weighted by molar-refractivity contribution is 5.97. The van der Waals surface area contributed by atoms with E-state index in [4.69, 9.17) is 9.47 Å². The van der Waals surface area contributed by atoms with Crippen LogP contribution in [0.4, 0.5) is 0 Å². The maximum Gasteiger partial charge on any atom is 0.328 e. The molecule has 2 fully saturated rings. The molecule has 3 unspecified atom stereocenters. The third-order valence-electron chi connectivity index (χ3n) is 6.15. The number of hydrogen-bond donors (Lipinski definition) is 0. The molecule has 0 radical (unpaired) electrons. The van der Waals surface area contributed by atoms with Gasteiger partial charge in [-0.05, 0) is 55.0 Å². The Balaban J connectivity index is 1.48. The van der Waals surface area contributed by atoms with Crippen LogP contribution >= 0.6 is 0 Å². The van der Waals surface area contributed by atoms with Crippen LogP contribution in [0.5, 0.6) is 5.75 Å². The number of fused-ring (bicyclic) bond motifs is 1. The van der Waals surface area contributed by atoms with Crippen molar-refractivity contribution in [3.63, 3.8) is 0 Å². The summed E-state index contributed by atoms with van der Waals surface area (Å²) in [5.74, 6) is 0.829. The van der Waals surface area contributed by atoms with Crippen LogP contribution in [0.1, 0.15) is 48.0 Å². The fraction of sp³-hybridized carbons (Fsp3) is 0.417. The lowest BCUT2D eigenvalue weighted by Gasteiger charge is -2.33. The van der Waals surface area contributed by atoms with E-state index in [1.165, 1.54) is 13.5 Å². The molecule has 1 aliphatic heterocycles. The molecule has 1 amide bonds. The van der Waals surface area contributed by atoms with Crippen molar-refractivity contribution in [3.05, 3.63) is 65.7 Å². The summed E-state index contributed by atoms with van der Waals surface area (Å²) in [4.78, 5) is 27.5. The molecule has 29 heavy (non-hydrogen) atoms. The molecule has 2 aromatic rings. The molecule has 0 bridgehead atoms. The molecule has 2 aliphatic rings. The summed E-state index contributed by atoms with van der Waals surface area (Å²) < 4.78 is 10.8. The van der Waals surface area contributed by atoms with Crippen molar-refractivity contribution in [1.29, 1.82) is 0 Å². The Labute approximate surface area is 171 Å². The number of hydrogen-bond acceptors (Lipinski definition) is 4. The molecule has 1 heterocycles. The Morgan fingerprint density at radius 2 is 1.72 bits per heavy atom. The van der Waals surface area contributed by atoms with Crippen LogP contribution in [0.25, 0.3) is 0 Å². The number of carbonyl (C=O) groups excluding carboxylic acids is 2. The zero-order valence-electron chi connectivity index (χ0n) is 16.8. The lowest BCUT2D eigenvalue weighted by molar-refractivity contribution is -0.145. The molecule has 1 aliphatic carbocycles. The van der Waals surface area contributed by atoms with Crippen molar-refractivity contribution in [2.24, 2.45) is 5.92 Å². The van der Waals surface area contributed by atoms with Crippen LogP contribution in [0.3, 0.4) is 0 Å². The van der Waals surface area contributed by atoms with Crippen molar-refractivity contribution < 1.29 is 19.1 Å². The predicted octanol–water partition coefficient (Wildman–Crippen LogP) is 4.21. The number of benzene rings is 2. The van der Waals surface area contributed by atoms with Crippen LogP contribution in [0, 0.1) is 5.92 Å². The first-order chi connectivity index (χ1) is 14.2. The highest BCUT2D eigenvalue weighted by Gasteiger charge is 2.48. The lowest BCUT2D eigenvalue weighted by Crippen LogP contribution is -2.46. The third-order valence-corrected chi connectivity index (χ3v) is 6.15. The predicted molar refractivity (Wildman–Crippen MR) is 110 cm³/mol. The quantitative estimate of drug-likeness (QED) is 0.714. The molecule has 1 saturated carbocycles. The largest absolute Gasteiger partial charge is 0.489 e. The molecule has 0 spiro atoms. The molecule has 0 N–H and O–H groups in total. The number of nitrogens with zero attached hydrogens (tertiary/aromatic N) is 1. The Morgan fingerprint density at radius 1 is 1.00 bits per heavy atom. The van der Waals surface area contributed by atoms with Crippen LogP contribution in [-0.2, 0) is 16.1 Å². The van der Waals surface area contributed by atoms with E-state index in [0.29, 0.717) is 24.5 Å². The maximum absolute atomic E-state index is 13.3. The fourth-order valence-corrected chi connectivity index (χ4v) is 4.67. The van der Waals surface area contributed by atoms with Crippen molar-refractivity contribution in [2.45, 2.75) is 50.8 Å². The van der Waals surface area contributed by atoms with Crippen molar-refractivity contribution in [1.82, 2.24) is 4.90 Å². The zero-order chi connectivity index (χ0) is 20.2. The summed E-state index contributed by atoms with van der Waals surface area (Å²) in [5, 5.41) is 0. The normalized spacial score (nSPS) is 23.3. The third kappa shape index (κ3) is 4.14. The molecular formula is C24H27NO4. The second-order valence-corrected chi connectivity index (χ2v) is 7.90. The standard InChI is InChI=1S/C24H27NO4/c1-28-24(27)22-15-19-7-5-6-10-21(19)25(22)23(26)18-13-11-17(12-14-18)16-29-20-8-3-2-4-9-20/h2-4,8-9,11-14,19,21-22H,5-7,10,15-16H2,1H3. The van der Waals surface area contributed by atoms with Gasteiger partial charge in [-0.15, -0.1) is 0 Å². The van der Waals surface area contributed by atoms with Crippen LogP contribution in [0.15, 0.2) is 54.6 Å². The Hall–Kier alpha value is -2.82. The second kappa shape index (κ2) is 8.68. The van der Waals surface area contributed by atoms with E-state index in [2.05, 4.69) is 0 Å². The summed E-state index contributed by atoms with van der Waals surface area (Å²) in [6.45, 7) is 0.442. The van der Waals surface area contributed by atoms with E-state index < -0.39 is 6.04 Å². The monoisotopic (exact) mass is 393 g/mol. The van der Waals surface area contributed by atoms with Gasteiger partial charge in [0.2, 0.25) is 0 Å². The lowest BCUT2D eigenvalue weighted by atomic mass is 9.84. The van der Waals surface area contributed by atoms with Crippen LogP contribution < -0.4 is 4.74 Å². The average Bonchev–Trinajstić information content (AvgIpc) is 3.17. The van der Waals surface area contributed by atoms with Gasteiger partial charge < -0.3 is 14.4 Å². The van der Waals surface area contributed by atoms with Gasteiger partial charge >= 0.3 is 5.97 Å². The van der Waals surface area contributed by atoms with Crippen molar-refractivity contribution >= 4 is 11.9 Å². The van der Waals surface area contributed by atoms with Gasteiger partial charge in [-0.3, -0.25) is 4.79 Å². The van der Waals surface area contributed by atoms with Gasteiger partial charge in [-0.25, -0.2) is 4.79 Å². The molecule has 0 aromatic heterocycles. The van der Waals surface area contributed by atoms with Gasteiger partial charge in [-0.1, -0.05) is 43.2 Å². The number of amides is 1. The first-order valence-electron chi connectivity index (χ1n) is 10.3. The van der Waals surface area contributed by atoms with Gasteiger partial charge in [0.15, 0.2) is 0 Å². The molecule has 5 nitrogen and oxygen atoms in total. The highest BCUT2D eigenvalue weighted by Crippen LogP contribution is 2.40. The summed E-state index contributed by atoms with van der Waals surface area (Å²) in [7, 11) is 1.40. The Kier molecular flexibility index (Phi) is 5.84. The van der Waals surface area contributed by atoms with Crippen molar-refractivity contribution in [3.8, 4) is 5.75 Å². The summed E-state index contributed by atoms with van der Waals surface area (Å²) in [6, 6.07) is 16.8. The van der Waals surface area contributed by atoms with Gasteiger partial charge in [0.25, 0.3) is 5.91 Å². The first-order valence-corrected chi connectivity index (χ1v) is 10.3. The number of methoxy groups -OCH3 is 1. The topological polar surface area (TPSA) is 55.8 Å². The summed E-state index contributed by atoms with van der Waals surface area (Å²) in [5.41, 5.74) is 1.60. The van der Waals surface area contributed by atoms with Gasteiger partial charge in [-0.2, -0.15) is 0 Å². The highest BCUT2D eigenvalue weighted by atomic mass is 16.5. The maximum atomic E-state index is 13.3. The number of esters is 1.